The third-order valence-corrected chi connectivity index (χ3v) is 3.51. The van der Waals surface area contributed by atoms with Crippen molar-refractivity contribution >= 4 is 8.24 Å². The number of furan rings is 1. The first kappa shape index (κ1) is 25.6. The fourth-order valence-electron chi connectivity index (χ4n) is 1.36. The number of hydrogen-bond donors (Lipinski definition) is 0. The summed E-state index contributed by atoms with van der Waals surface area (Å²) in [5.41, 5.74) is 0. The van der Waals surface area contributed by atoms with Crippen LogP contribution in [-0.4, -0.2) is 8.24 Å². The van der Waals surface area contributed by atoms with Crippen molar-refractivity contribution < 1.29 is 30.6 Å². The minimum Gasteiger partial charge on any atom is -0.659 e. The zero-order chi connectivity index (χ0) is 15.4. The van der Waals surface area contributed by atoms with Crippen LogP contribution in [0, 0.1) is 71.6 Å². The van der Waals surface area contributed by atoms with Crippen LogP contribution in [0.15, 0.2) is 22.8 Å². The summed E-state index contributed by atoms with van der Waals surface area (Å²) in [4.78, 5) is 4.54. The Labute approximate surface area is 165 Å². The van der Waals surface area contributed by atoms with Gasteiger partial charge in [0.25, 0.3) is 0 Å². The van der Waals surface area contributed by atoms with Crippen molar-refractivity contribution in [2.24, 2.45) is 0 Å². The molecule has 0 bridgehead atoms. The predicted octanol–water partition coefficient (Wildman–Crippen LogP) is 5.48. The molecule has 2 aliphatic rings. The Kier molecular flexibility index (Phi) is 17.6. The van der Waals surface area contributed by atoms with E-state index in [0.29, 0.717) is 0 Å². The van der Waals surface area contributed by atoms with E-state index in [1.54, 1.807) is 6.26 Å². The molecule has 0 unspecified atom stereocenters. The van der Waals surface area contributed by atoms with E-state index in [4.69, 9.17) is 4.42 Å². The van der Waals surface area contributed by atoms with Crippen molar-refractivity contribution in [3.63, 3.8) is 0 Å². The maximum Gasteiger partial charge on any atom is 2.00 e. The van der Waals surface area contributed by atoms with Gasteiger partial charge in [0.1, 0.15) is 0 Å². The molecule has 1 heterocycles. The number of hydrogen-bond acceptors (Lipinski definition) is 1. The first-order valence-electron chi connectivity index (χ1n) is 7.12. The predicted molar refractivity (Wildman–Crippen MR) is 98.5 cm³/mol. The van der Waals surface area contributed by atoms with Gasteiger partial charge in [0.2, 0.25) is 0 Å². The van der Waals surface area contributed by atoms with Crippen LogP contribution >= 0.6 is 0 Å². The van der Waals surface area contributed by atoms with E-state index in [9.17, 15) is 0 Å². The van der Waals surface area contributed by atoms with Gasteiger partial charge >= 0.3 is 26.2 Å². The van der Waals surface area contributed by atoms with Crippen molar-refractivity contribution in [3.05, 3.63) is 101 Å². The quantitative estimate of drug-likeness (QED) is 0.484. The van der Waals surface area contributed by atoms with Gasteiger partial charge in [-0.3, -0.25) is 0 Å². The Morgan fingerprint density at radius 2 is 1.22 bits per heavy atom. The summed E-state index contributed by atoms with van der Waals surface area (Å²) in [5, 5.41) is 0. The van der Waals surface area contributed by atoms with Crippen molar-refractivity contribution in [2.75, 3.05) is 0 Å². The van der Waals surface area contributed by atoms with Gasteiger partial charge in [-0.1, -0.05) is 34.4 Å². The molecule has 0 aromatic carbocycles. The van der Waals surface area contributed by atoms with Gasteiger partial charge in [-0.05, 0) is 76.3 Å². The SMILES string of the molecule is C[Si](C)(C)[N-]Cc1ccco1.[CH3-].[CH]1[CH][CH][CH][CH]1.[CH]1[CH][CH][CH][CH]1.[Zr+2]. The summed E-state index contributed by atoms with van der Waals surface area (Å²) in [6, 6.07) is 3.86. The molecule has 122 valence electrons. The minimum atomic E-state index is -1.25. The van der Waals surface area contributed by atoms with Gasteiger partial charge in [0.15, 0.2) is 0 Å². The molecule has 23 heavy (non-hydrogen) atoms. The summed E-state index contributed by atoms with van der Waals surface area (Å²) >= 11 is 0. The van der Waals surface area contributed by atoms with Gasteiger partial charge in [0.05, 0.1) is 12.0 Å². The molecule has 0 atom stereocenters. The smallest absolute Gasteiger partial charge is 0.659 e. The van der Waals surface area contributed by atoms with Crippen LogP contribution in [0.5, 0.6) is 0 Å². The summed E-state index contributed by atoms with van der Waals surface area (Å²) in [5.74, 6) is 0.965. The van der Waals surface area contributed by atoms with Crippen molar-refractivity contribution in [1.82, 2.24) is 0 Å². The van der Waals surface area contributed by atoms with E-state index >= 15 is 0 Å². The molecule has 2 nitrogen and oxygen atoms in total. The average molecular weight is 405 g/mol. The standard InChI is InChI=1S/C8H14NOSi.2C5H5.CH3.Zr/c1-11(2,3)9-7-8-5-4-6-10-8;2*1-2-4-5-3-1;;/h4-6H,7H2,1-3H3;2*1-5H;1H3;/q-1;;;-1;+2. The van der Waals surface area contributed by atoms with Crippen LogP contribution in [-0.2, 0) is 32.7 Å². The molecule has 10 radical (unpaired) electrons. The molecule has 2 saturated carbocycles. The fraction of sp³-hybridized carbons (Fsp3) is 0.211. The summed E-state index contributed by atoms with van der Waals surface area (Å²) in [6.07, 6.45) is 21.7. The molecule has 1 aromatic rings. The second kappa shape index (κ2) is 15.8. The zero-order valence-corrected chi connectivity index (χ0v) is 18.0. The Morgan fingerprint density at radius 1 is 0.826 bits per heavy atom. The zero-order valence-electron chi connectivity index (χ0n) is 14.6. The molecule has 2 aliphatic carbocycles. The van der Waals surface area contributed by atoms with Crippen LogP contribution in [0.2, 0.25) is 19.6 Å². The Balaban J connectivity index is 0. The van der Waals surface area contributed by atoms with Crippen molar-refractivity contribution in [1.29, 1.82) is 0 Å². The molecule has 4 heteroatoms. The largest absolute Gasteiger partial charge is 2.00 e. The monoisotopic (exact) mass is 403 g/mol. The third-order valence-electron chi connectivity index (χ3n) is 2.40. The molecule has 0 amide bonds. The van der Waals surface area contributed by atoms with Crippen molar-refractivity contribution in [3.8, 4) is 0 Å². The van der Waals surface area contributed by atoms with Crippen LogP contribution < -0.4 is 0 Å². The van der Waals surface area contributed by atoms with Gasteiger partial charge in [0, 0.05) is 0 Å². The van der Waals surface area contributed by atoms with Gasteiger partial charge in [-0.25, -0.2) is 0 Å². The molecule has 0 aliphatic heterocycles. The summed E-state index contributed by atoms with van der Waals surface area (Å²) in [6.45, 7) is 7.39. The molecule has 0 spiro atoms. The Bertz CT molecular complexity index is 302. The Morgan fingerprint density at radius 3 is 1.48 bits per heavy atom. The first-order chi connectivity index (χ1) is 10.1. The number of nitrogens with zero attached hydrogens (tertiary/aromatic N) is 1. The van der Waals surface area contributed by atoms with E-state index < -0.39 is 8.24 Å². The van der Waals surface area contributed by atoms with E-state index in [2.05, 4.69) is 24.6 Å². The molecule has 2 fully saturated rings. The van der Waals surface area contributed by atoms with Gasteiger partial charge < -0.3 is 16.8 Å². The van der Waals surface area contributed by atoms with Crippen LogP contribution in [0.25, 0.3) is 4.98 Å². The second-order valence-corrected chi connectivity index (χ2v) is 10.1. The van der Waals surface area contributed by atoms with E-state index in [-0.39, 0.29) is 33.6 Å². The number of rotatable bonds is 3. The molecule has 0 N–H and O–H groups in total. The summed E-state index contributed by atoms with van der Waals surface area (Å²) < 4.78 is 5.16. The maximum absolute atomic E-state index is 5.16. The van der Waals surface area contributed by atoms with Crippen LogP contribution in [0.3, 0.4) is 0 Å². The molecular formula is C19H27NOSiZr. The average Bonchev–Trinajstić information content (AvgIpc) is 3.21. The topological polar surface area (TPSA) is 27.2 Å². The Hall–Kier alpha value is 0.340. The second-order valence-electron chi connectivity index (χ2n) is 5.49. The maximum atomic E-state index is 5.16. The van der Waals surface area contributed by atoms with Gasteiger partial charge in [-0.2, -0.15) is 0 Å². The molecular weight excluding hydrogens is 378 g/mol. The summed E-state index contributed by atoms with van der Waals surface area (Å²) in [7, 11) is -1.25. The molecule has 3 rings (SSSR count). The first-order valence-corrected chi connectivity index (χ1v) is 10.6. The van der Waals surface area contributed by atoms with Crippen LogP contribution in [0.4, 0.5) is 0 Å². The minimum absolute atomic E-state index is 0. The van der Waals surface area contributed by atoms with E-state index in [1.807, 2.05) is 76.3 Å². The van der Waals surface area contributed by atoms with Gasteiger partial charge in [-0.15, -0.1) is 0 Å². The van der Waals surface area contributed by atoms with E-state index in [1.165, 1.54) is 0 Å². The fourth-order valence-corrected chi connectivity index (χ4v) is 1.99. The third kappa shape index (κ3) is 17.0. The molecule has 0 saturated heterocycles. The van der Waals surface area contributed by atoms with Crippen LogP contribution in [0.1, 0.15) is 5.76 Å². The molecule has 1 aromatic heterocycles. The normalized spacial score (nSPS) is 16.1. The van der Waals surface area contributed by atoms with Crippen molar-refractivity contribution in [2.45, 2.75) is 26.2 Å². The van der Waals surface area contributed by atoms with E-state index in [0.717, 1.165) is 12.3 Å².